The third-order valence-electron chi connectivity index (χ3n) is 4.88. The van der Waals surface area contributed by atoms with Crippen LogP contribution in [0.15, 0.2) is 33.5 Å². The predicted octanol–water partition coefficient (Wildman–Crippen LogP) is 1.50. The van der Waals surface area contributed by atoms with Crippen molar-refractivity contribution in [1.29, 1.82) is 0 Å². The summed E-state index contributed by atoms with van der Waals surface area (Å²) in [6, 6.07) is 6.97. The number of aliphatic carboxylic acids is 1. The first kappa shape index (κ1) is 25.2. The maximum absolute atomic E-state index is 12.3. The number of nitrogens with one attached hydrogen (secondary N) is 1. The van der Waals surface area contributed by atoms with Crippen molar-refractivity contribution in [3.63, 3.8) is 0 Å². The highest BCUT2D eigenvalue weighted by molar-refractivity contribution is 9.10. The molecule has 0 spiro atoms. The van der Waals surface area contributed by atoms with Crippen molar-refractivity contribution in [3.05, 3.63) is 55.9 Å². The van der Waals surface area contributed by atoms with E-state index in [2.05, 4.69) is 31.0 Å². The summed E-state index contributed by atoms with van der Waals surface area (Å²) in [5, 5.41) is 9.75. The van der Waals surface area contributed by atoms with Crippen molar-refractivity contribution in [2.75, 3.05) is 12.8 Å². The van der Waals surface area contributed by atoms with Crippen LogP contribution in [0, 0.1) is 0 Å². The van der Waals surface area contributed by atoms with Gasteiger partial charge in [-0.2, -0.15) is 22.7 Å². The number of aromatic amines is 1. The maximum atomic E-state index is 12.3. The fourth-order valence-electron chi connectivity index (χ4n) is 3.37. The second kappa shape index (κ2) is 9.80. The lowest BCUT2D eigenvalue weighted by atomic mass is 9.94. The van der Waals surface area contributed by atoms with E-state index in [-0.39, 0.29) is 23.3 Å². The second-order valence-corrected chi connectivity index (χ2v) is 8.11. The number of aromatic nitrogens is 4. The summed E-state index contributed by atoms with van der Waals surface area (Å²) in [6.07, 6.45) is -4.55. The normalized spacial score (nSPS) is 15.9. The quantitative estimate of drug-likeness (QED) is 0.414. The lowest BCUT2D eigenvalue weighted by Gasteiger charge is -2.34. The van der Waals surface area contributed by atoms with E-state index in [0.29, 0.717) is 25.2 Å². The van der Waals surface area contributed by atoms with E-state index in [1.165, 1.54) is 17.7 Å². The average molecular weight is 547 g/mol. The topological polar surface area (TPSA) is 156 Å². The van der Waals surface area contributed by atoms with E-state index >= 15 is 0 Å². The number of hydrogen-bond acceptors (Lipinski definition) is 8. The fourth-order valence-corrected chi connectivity index (χ4v) is 3.78. The lowest BCUT2D eigenvalue weighted by Crippen LogP contribution is -2.45. The molecule has 1 aliphatic rings. The number of carbonyl (C=O) groups is 2. The van der Waals surface area contributed by atoms with E-state index in [0.717, 1.165) is 15.6 Å². The van der Waals surface area contributed by atoms with Crippen LogP contribution in [0.2, 0.25) is 0 Å². The number of fused-ring (bicyclic) bond motifs is 2. The van der Waals surface area contributed by atoms with Crippen molar-refractivity contribution < 1.29 is 32.6 Å². The standard InChI is InChI=1S/C17H17BrN6O3.C2HF3O2/c1-27-15(26)13-5-9-2-3-11(18)4-10(9)7-23(13)8-12-6-14(25)24-17(20-12)21-16(19)22-24;3-2(4,5)1(6)7/h2-4,6,13H,5,7-8H2,1H3,(H3,19,20,21,22);(H,6,7). The highest BCUT2D eigenvalue weighted by Gasteiger charge is 2.38. The van der Waals surface area contributed by atoms with Crippen LogP contribution in [-0.4, -0.2) is 60.9 Å². The van der Waals surface area contributed by atoms with Crippen LogP contribution < -0.4 is 11.3 Å². The first-order valence-corrected chi connectivity index (χ1v) is 10.3. The number of nitrogens with zero attached hydrogens (tertiary/aromatic N) is 4. The number of alkyl halides is 3. The Morgan fingerprint density at radius 1 is 1.29 bits per heavy atom. The number of carboxylic acids is 1. The monoisotopic (exact) mass is 546 g/mol. The van der Waals surface area contributed by atoms with Gasteiger partial charge < -0.3 is 15.6 Å². The van der Waals surface area contributed by atoms with Crippen molar-refractivity contribution in [2.24, 2.45) is 0 Å². The minimum atomic E-state index is -5.08. The molecule has 3 heterocycles. The molecule has 34 heavy (non-hydrogen) atoms. The summed E-state index contributed by atoms with van der Waals surface area (Å²) < 4.78 is 38.9. The molecule has 0 amide bonds. The number of nitrogens with two attached hydrogens (primary N) is 1. The van der Waals surface area contributed by atoms with Gasteiger partial charge in [-0.25, -0.2) is 9.78 Å². The summed E-state index contributed by atoms with van der Waals surface area (Å²) in [6.45, 7) is 0.850. The van der Waals surface area contributed by atoms with Gasteiger partial charge in [0.15, 0.2) is 0 Å². The molecule has 182 valence electrons. The predicted molar refractivity (Wildman–Crippen MR) is 115 cm³/mol. The van der Waals surface area contributed by atoms with Gasteiger partial charge in [0.2, 0.25) is 5.95 Å². The number of nitrogen functional groups attached to an aromatic ring is 1. The largest absolute Gasteiger partial charge is 0.490 e. The first-order valence-electron chi connectivity index (χ1n) is 9.52. The van der Waals surface area contributed by atoms with E-state index in [1.54, 1.807) is 0 Å². The number of carboxylic acid groups (broad SMARTS) is 1. The smallest absolute Gasteiger partial charge is 0.475 e. The molecule has 4 rings (SSSR count). The van der Waals surface area contributed by atoms with Crippen LogP contribution in [0.1, 0.15) is 16.8 Å². The zero-order valence-corrected chi connectivity index (χ0v) is 19.1. The number of rotatable bonds is 3. The van der Waals surface area contributed by atoms with Gasteiger partial charge in [-0.15, -0.1) is 0 Å². The Hall–Kier alpha value is -3.46. The highest BCUT2D eigenvalue weighted by atomic mass is 79.9. The Balaban J connectivity index is 0.000000406. The number of esters is 1. The lowest BCUT2D eigenvalue weighted by molar-refractivity contribution is -0.192. The molecule has 0 saturated heterocycles. The molecule has 1 atom stereocenters. The number of H-pyrrole nitrogens is 1. The molecule has 0 radical (unpaired) electrons. The van der Waals surface area contributed by atoms with Crippen LogP contribution >= 0.6 is 15.9 Å². The van der Waals surface area contributed by atoms with Gasteiger partial charge in [0.1, 0.15) is 6.04 Å². The van der Waals surface area contributed by atoms with Gasteiger partial charge in [0.05, 0.1) is 12.8 Å². The summed E-state index contributed by atoms with van der Waals surface area (Å²) >= 11 is 3.48. The van der Waals surface area contributed by atoms with E-state index in [9.17, 15) is 22.8 Å². The van der Waals surface area contributed by atoms with Gasteiger partial charge in [-0.3, -0.25) is 19.6 Å². The van der Waals surface area contributed by atoms with Crippen LogP contribution in [0.5, 0.6) is 0 Å². The first-order chi connectivity index (χ1) is 15.9. The Kier molecular flexibility index (Phi) is 7.26. The van der Waals surface area contributed by atoms with Gasteiger partial charge in [-0.1, -0.05) is 22.0 Å². The Bertz CT molecular complexity index is 1290. The third-order valence-corrected chi connectivity index (χ3v) is 5.37. The summed E-state index contributed by atoms with van der Waals surface area (Å²) in [5.41, 5.74) is 8.02. The van der Waals surface area contributed by atoms with Crippen LogP contribution in [0.4, 0.5) is 19.1 Å². The molecule has 4 N–H and O–H groups in total. The molecule has 0 aliphatic carbocycles. The molecular formula is C19H18BrF3N6O5. The molecule has 1 aliphatic heterocycles. The number of anilines is 1. The Labute approximate surface area is 197 Å². The number of methoxy groups -OCH3 is 1. The molecule has 0 bridgehead atoms. The van der Waals surface area contributed by atoms with Crippen LogP contribution in [0.3, 0.4) is 0 Å². The van der Waals surface area contributed by atoms with E-state index in [1.807, 2.05) is 23.1 Å². The highest BCUT2D eigenvalue weighted by Crippen LogP contribution is 2.28. The maximum Gasteiger partial charge on any atom is 0.490 e. The number of halogens is 4. The molecule has 3 aromatic rings. The van der Waals surface area contributed by atoms with Gasteiger partial charge in [-0.05, 0) is 29.7 Å². The average Bonchev–Trinajstić information content (AvgIpc) is 3.13. The molecule has 15 heteroatoms. The third kappa shape index (κ3) is 5.72. The van der Waals surface area contributed by atoms with Crippen molar-refractivity contribution in [2.45, 2.75) is 31.7 Å². The van der Waals surface area contributed by atoms with E-state index in [4.69, 9.17) is 20.4 Å². The molecule has 2 aromatic heterocycles. The van der Waals surface area contributed by atoms with Crippen molar-refractivity contribution >= 4 is 39.6 Å². The Morgan fingerprint density at radius 2 is 1.97 bits per heavy atom. The van der Waals surface area contributed by atoms with Crippen LogP contribution in [0.25, 0.3) is 5.78 Å². The SMILES string of the molecule is COC(=O)C1Cc2ccc(Br)cc2CN1Cc1cc(=O)n2[nH]c(N)nc2n1.O=C(O)C(F)(F)F. The number of carbonyl (C=O) groups excluding carboxylic acids is 1. The minimum Gasteiger partial charge on any atom is -0.475 e. The number of hydrogen-bond donors (Lipinski definition) is 3. The molecule has 1 aromatic carbocycles. The fraction of sp³-hybridized carbons (Fsp3) is 0.316. The van der Waals surface area contributed by atoms with Gasteiger partial charge in [0, 0.05) is 23.6 Å². The Morgan fingerprint density at radius 3 is 2.59 bits per heavy atom. The second-order valence-electron chi connectivity index (χ2n) is 7.19. The van der Waals surface area contributed by atoms with E-state index < -0.39 is 18.2 Å². The number of benzene rings is 1. The summed E-state index contributed by atoms with van der Waals surface area (Å²) in [5.74, 6) is -2.76. The summed E-state index contributed by atoms with van der Waals surface area (Å²) in [4.78, 5) is 43.8. The zero-order valence-electron chi connectivity index (χ0n) is 17.5. The van der Waals surface area contributed by atoms with Crippen molar-refractivity contribution in [1.82, 2.24) is 24.5 Å². The minimum absolute atomic E-state index is 0.112. The van der Waals surface area contributed by atoms with Gasteiger partial charge in [0.25, 0.3) is 11.3 Å². The molecular weight excluding hydrogens is 529 g/mol. The molecule has 11 nitrogen and oxygen atoms in total. The molecule has 1 unspecified atom stereocenters. The number of ether oxygens (including phenoxy) is 1. The van der Waals surface area contributed by atoms with Gasteiger partial charge >= 0.3 is 18.1 Å². The molecule has 0 saturated carbocycles. The zero-order chi connectivity index (χ0) is 25.2. The van der Waals surface area contributed by atoms with Crippen molar-refractivity contribution in [3.8, 4) is 0 Å². The summed E-state index contributed by atoms with van der Waals surface area (Å²) in [7, 11) is 1.38. The van der Waals surface area contributed by atoms with Crippen LogP contribution in [-0.2, 0) is 33.8 Å². The molecule has 0 fully saturated rings.